The van der Waals surface area contributed by atoms with E-state index in [4.69, 9.17) is 4.74 Å². The number of amides is 2. The predicted octanol–water partition coefficient (Wildman–Crippen LogP) is 2.38. The van der Waals surface area contributed by atoms with Crippen molar-refractivity contribution in [3.8, 4) is 0 Å². The SMILES string of the molecule is CC[C@H](C)C(=O)NC[C@@H]1CC(=O)N(C(C)(C)C)[C@H]1c1cnn(CCOC)c1. The highest BCUT2D eigenvalue weighted by atomic mass is 16.5. The molecule has 2 rings (SSSR count). The Balaban J connectivity index is 2.23. The number of nitrogens with zero attached hydrogens (tertiary/aromatic N) is 3. The van der Waals surface area contributed by atoms with Crippen LogP contribution in [-0.2, 0) is 20.9 Å². The molecule has 0 aromatic carbocycles. The van der Waals surface area contributed by atoms with Crippen LogP contribution in [0.25, 0.3) is 0 Å². The molecule has 3 atom stereocenters. The minimum absolute atomic E-state index is 0.0175. The van der Waals surface area contributed by atoms with E-state index >= 15 is 0 Å². The zero-order valence-corrected chi connectivity index (χ0v) is 17.5. The van der Waals surface area contributed by atoms with E-state index in [-0.39, 0.29) is 35.2 Å². The number of ether oxygens (including phenoxy) is 1. The molecule has 152 valence electrons. The van der Waals surface area contributed by atoms with Gasteiger partial charge in [0, 0.05) is 49.2 Å². The second-order valence-corrected chi connectivity index (χ2v) is 8.43. The van der Waals surface area contributed by atoms with Gasteiger partial charge in [0.1, 0.15) is 0 Å². The van der Waals surface area contributed by atoms with E-state index in [9.17, 15) is 9.59 Å². The molecule has 1 saturated heterocycles. The van der Waals surface area contributed by atoms with E-state index in [0.717, 1.165) is 12.0 Å². The summed E-state index contributed by atoms with van der Waals surface area (Å²) < 4.78 is 6.96. The predicted molar refractivity (Wildman–Crippen MR) is 104 cm³/mol. The van der Waals surface area contributed by atoms with E-state index in [1.54, 1.807) is 7.11 Å². The van der Waals surface area contributed by atoms with Gasteiger partial charge in [0.25, 0.3) is 0 Å². The lowest BCUT2D eigenvalue weighted by atomic mass is 9.93. The number of carbonyl (C=O) groups excluding carboxylic acids is 2. The van der Waals surface area contributed by atoms with Crippen LogP contribution in [0, 0.1) is 11.8 Å². The topological polar surface area (TPSA) is 76.5 Å². The van der Waals surface area contributed by atoms with Crippen molar-refractivity contribution in [3.05, 3.63) is 18.0 Å². The first-order chi connectivity index (χ1) is 12.7. The average molecular weight is 379 g/mol. The summed E-state index contributed by atoms with van der Waals surface area (Å²) in [5.74, 6) is 0.189. The van der Waals surface area contributed by atoms with Gasteiger partial charge in [-0.3, -0.25) is 14.3 Å². The minimum atomic E-state index is -0.300. The molecule has 1 aliphatic rings. The van der Waals surface area contributed by atoms with Crippen molar-refractivity contribution < 1.29 is 14.3 Å². The minimum Gasteiger partial charge on any atom is -0.383 e. The molecular weight excluding hydrogens is 344 g/mol. The normalized spacial score (nSPS) is 21.6. The Hall–Kier alpha value is -1.89. The summed E-state index contributed by atoms with van der Waals surface area (Å²) in [6.07, 6.45) is 5.07. The van der Waals surface area contributed by atoms with Crippen LogP contribution in [0.1, 0.15) is 59.1 Å². The highest BCUT2D eigenvalue weighted by Crippen LogP contribution is 2.42. The first-order valence-corrected chi connectivity index (χ1v) is 9.80. The summed E-state index contributed by atoms with van der Waals surface area (Å²) in [6.45, 7) is 11.8. The van der Waals surface area contributed by atoms with Crippen LogP contribution in [0.4, 0.5) is 0 Å². The van der Waals surface area contributed by atoms with E-state index < -0.39 is 0 Å². The lowest BCUT2D eigenvalue weighted by molar-refractivity contribution is -0.133. The number of methoxy groups -OCH3 is 1. The molecule has 2 amide bonds. The molecule has 27 heavy (non-hydrogen) atoms. The van der Waals surface area contributed by atoms with Crippen molar-refractivity contribution >= 4 is 11.8 Å². The monoisotopic (exact) mass is 378 g/mol. The molecule has 7 heteroatoms. The Bertz CT molecular complexity index is 650. The molecule has 0 saturated carbocycles. The first-order valence-electron chi connectivity index (χ1n) is 9.80. The summed E-state index contributed by atoms with van der Waals surface area (Å²) >= 11 is 0. The smallest absolute Gasteiger partial charge is 0.223 e. The number of carbonyl (C=O) groups is 2. The lowest BCUT2D eigenvalue weighted by Gasteiger charge is -2.38. The number of likely N-dealkylation sites (tertiary alicyclic amines) is 1. The maximum atomic E-state index is 12.8. The quantitative estimate of drug-likeness (QED) is 0.753. The van der Waals surface area contributed by atoms with E-state index in [0.29, 0.717) is 26.1 Å². The summed E-state index contributed by atoms with van der Waals surface area (Å²) in [5.41, 5.74) is 0.709. The van der Waals surface area contributed by atoms with Crippen LogP contribution in [-0.4, -0.2) is 52.3 Å². The Kier molecular flexibility index (Phi) is 7.03. The average Bonchev–Trinajstić information content (AvgIpc) is 3.20. The van der Waals surface area contributed by atoms with Crippen molar-refractivity contribution in [3.63, 3.8) is 0 Å². The van der Waals surface area contributed by atoms with Crippen LogP contribution in [0.5, 0.6) is 0 Å². The maximum absolute atomic E-state index is 12.8. The molecule has 1 aromatic rings. The van der Waals surface area contributed by atoms with Gasteiger partial charge in [-0.25, -0.2) is 0 Å². The fourth-order valence-electron chi connectivity index (χ4n) is 3.63. The molecule has 1 fully saturated rings. The molecule has 0 unspecified atom stereocenters. The summed E-state index contributed by atoms with van der Waals surface area (Å²) in [7, 11) is 1.66. The Morgan fingerprint density at radius 2 is 2.15 bits per heavy atom. The summed E-state index contributed by atoms with van der Waals surface area (Å²) in [4.78, 5) is 27.0. The highest BCUT2D eigenvalue weighted by Gasteiger charge is 2.45. The molecule has 0 radical (unpaired) electrons. The Morgan fingerprint density at radius 1 is 1.44 bits per heavy atom. The molecule has 1 N–H and O–H groups in total. The van der Waals surface area contributed by atoms with Gasteiger partial charge < -0.3 is 15.0 Å². The number of aromatic nitrogens is 2. The molecule has 7 nitrogen and oxygen atoms in total. The van der Waals surface area contributed by atoms with Crippen molar-refractivity contribution in [2.24, 2.45) is 11.8 Å². The van der Waals surface area contributed by atoms with Crippen LogP contribution in [0.15, 0.2) is 12.4 Å². The van der Waals surface area contributed by atoms with Gasteiger partial charge in [-0.05, 0) is 27.2 Å². The van der Waals surface area contributed by atoms with E-state index in [1.807, 2.05) is 56.6 Å². The highest BCUT2D eigenvalue weighted by molar-refractivity contribution is 5.81. The van der Waals surface area contributed by atoms with Crippen LogP contribution in [0.3, 0.4) is 0 Å². The third-order valence-corrected chi connectivity index (χ3v) is 5.27. The van der Waals surface area contributed by atoms with Gasteiger partial charge in [-0.2, -0.15) is 5.10 Å². The first kappa shape index (κ1) is 21.4. The second-order valence-electron chi connectivity index (χ2n) is 8.43. The zero-order chi connectivity index (χ0) is 20.2. The zero-order valence-electron chi connectivity index (χ0n) is 17.5. The number of hydrogen-bond acceptors (Lipinski definition) is 4. The van der Waals surface area contributed by atoms with Crippen molar-refractivity contribution in [1.29, 1.82) is 0 Å². The van der Waals surface area contributed by atoms with Crippen molar-refractivity contribution in [1.82, 2.24) is 20.0 Å². The lowest BCUT2D eigenvalue weighted by Crippen LogP contribution is -2.45. The summed E-state index contributed by atoms with van der Waals surface area (Å²) in [5, 5.41) is 7.47. The van der Waals surface area contributed by atoms with Crippen molar-refractivity contribution in [2.75, 3.05) is 20.3 Å². The molecule has 1 aliphatic heterocycles. The maximum Gasteiger partial charge on any atom is 0.223 e. The number of hydrogen-bond donors (Lipinski definition) is 1. The van der Waals surface area contributed by atoms with Crippen LogP contribution < -0.4 is 5.32 Å². The molecule has 1 aromatic heterocycles. The molecule has 0 bridgehead atoms. The van der Waals surface area contributed by atoms with Gasteiger partial charge in [-0.1, -0.05) is 13.8 Å². The number of rotatable bonds is 8. The number of nitrogens with one attached hydrogen (secondary N) is 1. The molecule has 0 spiro atoms. The van der Waals surface area contributed by atoms with Gasteiger partial charge in [0.15, 0.2) is 0 Å². The molecule has 0 aliphatic carbocycles. The van der Waals surface area contributed by atoms with E-state index in [2.05, 4.69) is 10.4 Å². The standard InChI is InChI=1S/C20H34N4O3/c1-7-14(2)19(26)21-11-15-10-17(25)24(20(3,4)5)18(15)16-12-22-23(13-16)8-9-27-6/h12-15,18H,7-11H2,1-6H3,(H,21,26)/t14-,15-,18+/m0/s1. The van der Waals surface area contributed by atoms with Gasteiger partial charge in [-0.15, -0.1) is 0 Å². The van der Waals surface area contributed by atoms with E-state index in [1.165, 1.54) is 0 Å². The largest absolute Gasteiger partial charge is 0.383 e. The fourth-order valence-corrected chi connectivity index (χ4v) is 3.63. The third-order valence-electron chi connectivity index (χ3n) is 5.27. The summed E-state index contributed by atoms with van der Waals surface area (Å²) in [6, 6.07) is -0.0916. The Morgan fingerprint density at radius 3 is 2.74 bits per heavy atom. The molecule has 2 heterocycles. The fraction of sp³-hybridized carbons (Fsp3) is 0.750. The molecular formula is C20H34N4O3. The van der Waals surface area contributed by atoms with Gasteiger partial charge in [0.2, 0.25) is 11.8 Å². The van der Waals surface area contributed by atoms with Crippen LogP contribution in [0.2, 0.25) is 0 Å². The second kappa shape index (κ2) is 8.87. The Labute approximate surface area is 162 Å². The van der Waals surface area contributed by atoms with Gasteiger partial charge in [0.05, 0.1) is 25.4 Å². The van der Waals surface area contributed by atoms with Gasteiger partial charge >= 0.3 is 0 Å². The van der Waals surface area contributed by atoms with Crippen molar-refractivity contribution in [2.45, 2.75) is 65.6 Å². The van der Waals surface area contributed by atoms with Crippen LogP contribution >= 0.6 is 0 Å². The third kappa shape index (κ3) is 5.09.